The second kappa shape index (κ2) is 11.6. The highest BCUT2D eigenvalue weighted by molar-refractivity contribution is 7.89. The van der Waals surface area contributed by atoms with Crippen LogP contribution in [0.4, 0.5) is 0 Å². The maximum Gasteiger partial charge on any atom is 0.259 e. The van der Waals surface area contributed by atoms with Crippen molar-refractivity contribution < 1.29 is 21.6 Å². The number of carbonyl (C=O) groups excluding carboxylic acids is 1. The van der Waals surface area contributed by atoms with Gasteiger partial charge in [-0.05, 0) is 47.7 Å². The van der Waals surface area contributed by atoms with Gasteiger partial charge in [0.25, 0.3) is 5.91 Å². The van der Waals surface area contributed by atoms with E-state index in [0.29, 0.717) is 5.71 Å². The summed E-state index contributed by atoms with van der Waals surface area (Å²) in [6.45, 7) is 7.42. The Morgan fingerprint density at radius 3 is 1.85 bits per heavy atom. The minimum atomic E-state index is -4.10. The summed E-state index contributed by atoms with van der Waals surface area (Å²) < 4.78 is 55.9. The number of hydrazone groups is 1. The first-order valence-corrected chi connectivity index (χ1v) is 15.8. The molecule has 0 aliphatic carbocycles. The molecule has 1 N–H and O–H groups in total. The topological polar surface area (TPSA) is 116 Å². The molecule has 9 nitrogen and oxygen atoms in total. The molecule has 1 aliphatic rings. The third-order valence-electron chi connectivity index (χ3n) is 6.83. The molecule has 1 heterocycles. The molecule has 3 aromatic carbocycles. The first kappa shape index (κ1) is 29.6. The number of benzene rings is 3. The molecule has 0 bridgehead atoms. The van der Waals surface area contributed by atoms with Crippen molar-refractivity contribution in [2.24, 2.45) is 5.10 Å². The van der Waals surface area contributed by atoms with Crippen LogP contribution in [0.1, 0.15) is 38.8 Å². The van der Waals surface area contributed by atoms with Crippen molar-refractivity contribution in [3.63, 3.8) is 0 Å². The minimum absolute atomic E-state index is 0.0154. The molecule has 4 rings (SSSR count). The summed E-state index contributed by atoms with van der Waals surface area (Å²) in [5, 5.41) is 4.22. The molecule has 0 saturated carbocycles. The van der Waals surface area contributed by atoms with Crippen LogP contribution in [0, 0.1) is 0 Å². The molecule has 1 aliphatic heterocycles. The number of amides is 1. The van der Waals surface area contributed by atoms with Gasteiger partial charge in [-0.2, -0.15) is 13.7 Å². The molecule has 3 aromatic rings. The number of hydrogen-bond acceptors (Lipinski definition) is 6. The zero-order chi connectivity index (χ0) is 29.1. The smallest absolute Gasteiger partial charge is 0.259 e. The molecule has 0 radical (unpaired) electrons. The van der Waals surface area contributed by atoms with Crippen LogP contribution in [0.3, 0.4) is 0 Å². The van der Waals surface area contributed by atoms with Gasteiger partial charge in [-0.3, -0.25) is 4.79 Å². The number of nitrogens with zero attached hydrogens (tertiary/aromatic N) is 3. The van der Waals surface area contributed by atoms with E-state index in [0.717, 1.165) is 19.7 Å². The Hall–Kier alpha value is -3.38. The van der Waals surface area contributed by atoms with Crippen LogP contribution in [0.2, 0.25) is 0 Å². The molecular formula is C29H34N4O5S2. The molecule has 1 amide bonds. The molecule has 1 fully saturated rings. The third kappa shape index (κ3) is 6.33. The fraction of sp³-hybridized carbons (Fsp3) is 0.310. The van der Waals surface area contributed by atoms with Crippen LogP contribution in [-0.2, 0) is 30.3 Å². The predicted octanol–water partition coefficient (Wildman–Crippen LogP) is 3.59. The fourth-order valence-corrected chi connectivity index (χ4v) is 7.47. The second-order valence-electron chi connectivity index (χ2n) is 10.6. The molecule has 1 unspecified atom stereocenters. The number of rotatable bonds is 7. The standard InChI is InChI=1S/C29H34N4O5S2/c1-22(23-15-17-24(18-16-23)29(2,3)4)30-31-28(34)27-21-32(39(35,36)25-11-7-5-8-12-25)19-20-33(27)40(37,38)26-13-9-6-10-14-26/h5-18,27H,19-21H2,1-4H3,(H,31,34). The molecule has 1 atom stereocenters. The van der Waals surface area contributed by atoms with Crippen molar-refractivity contribution >= 4 is 31.7 Å². The number of piperazine rings is 1. The van der Waals surface area contributed by atoms with Gasteiger partial charge in [-0.25, -0.2) is 22.3 Å². The van der Waals surface area contributed by atoms with Gasteiger partial charge in [0.2, 0.25) is 20.0 Å². The van der Waals surface area contributed by atoms with Crippen molar-refractivity contribution in [1.82, 2.24) is 14.0 Å². The third-order valence-corrected chi connectivity index (χ3v) is 10.6. The van der Waals surface area contributed by atoms with Gasteiger partial charge in [0.15, 0.2) is 0 Å². The second-order valence-corrected chi connectivity index (χ2v) is 14.4. The van der Waals surface area contributed by atoms with Gasteiger partial charge in [0.1, 0.15) is 6.04 Å². The Morgan fingerprint density at radius 1 is 0.800 bits per heavy atom. The van der Waals surface area contributed by atoms with E-state index in [9.17, 15) is 21.6 Å². The number of sulfonamides is 2. The van der Waals surface area contributed by atoms with E-state index in [1.54, 1.807) is 43.3 Å². The van der Waals surface area contributed by atoms with Crippen molar-refractivity contribution in [2.75, 3.05) is 19.6 Å². The normalized spacial score (nSPS) is 17.9. The lowest BCUT2D eigenvalue weighted by Crippen LogP contribution is -2.60. The summed E-state index contributed by atoms with van der Waals surface area (Å²) in [6, 6.07) is 22.1. The van der Waals surface area contributed by atoms with E-state index in [1.807, 2.05) is 24.3 Å². The SMILES string of the molecule is CC(=NNC(=O)C1CN(S(=O)(=O)c2ccccc2)CCN1S(=O)(=O)c1ccccc1)c1ccc(C(C)(C)C)cc1. The Kier molecular flexibility index (Phi) is 8.60. The first-order chi connectivity index (χ1) is 18.8. The highest BCUT2D eigenvalue weighted by atomic mass is 32.2. The summed E-state index contributed by atoms with van der Waals surface area (Å²) >= 11 is 0. The van der Waals surface area contributed by atoms with Crippen molar-refractivity contribution in [3.05, 3.63) is 96.1 Å². The lowest BCUT2D eigenvalue weighted by atomic mass is 9.86. The van der Waals surface area contributed by atoms with E-state index in [2.05, 4.69) is 31.3 Å². The average Bonchev–Trinajstić information content (AvgIpc) is 2.96. The molecule has 11 heteroatoms. The zero-order valence-corrected chi connectivity index (χ0v) is 24.6. The van der Waals surface area contributed by atoms with E-state index in [-0.39, 0.29) is 34.8 Å². The fourth-order valence-electron chi connectivity index (χ4n) is 4.42. The minimum Gasteiger partial charge on any atom is -0.271 e. The largest absolute Gasteiger partial charge is 0.271 e. The van der Waals surface area contributed by atoms with E-state index >= 15 is 0 Å². The molecule has 0 spiro atoms. The van der Waals surface area contributed by atoms with Crippen LogP contribution >= 0.6 is 0 Å². The monoisotopic (exact) mass is 582 g/mol. The zero-order valence-electron chi connectivity index (χ0n) is 23.0. The van der Waals surface area contributed by atoms with Crippen LogP contribution in [0.5, 0.6) is 0 Å². The van der Waals surface area contributed by atoms with E-state index < -0.39 is 32.0 Å². The van der Waals surface area contributed by atoms with Gasteiger partial charge in [-0.1, -0.05) is 81.4 Å². The van der Waals surface area contributed by atoms with Crippen molar-refractivity contribution in [2.45, 2.75) is 48.9 Å². The summed E-state index contributed by atoms with van der Waals surface area (Å²) in [6.07, 6.45) is 0. The summed E-state index contributed by atoms with van der Waals surface area (Å²) in [5.74, 6) is -0.724. The Bertz CT molecular complexity index is 1580. The molecule has 1 saturated heterocycles. The number of carbonyl (C=O) groups is 1. The van der Waals surface area contributed by atoms with E-state index in [4.69, 9.17) is 0 Å². The maximum absolute atomic E-state index is 13.5. The summed E-state index contributed by atoms with van der Waals surface area (Å²) in [5.41, 5.74) is 4.93. The van der Waals surface area contributed by atoms with Crippen molar-refractivity contribution in [1.29, 1.82) is 0 Å². The van der Waals surface area contributed by atoms with Gasteiger partial charge < -0.3 is 0 Å². The van der Waals surface area contributed by atoms with Gasteiger partial charge in [0, 0.05) is 19.6 Å². The Morgan fingerprint density at radius 2 is 1.32 bits per heavy atom. The number of nitrogens with one attached hydrogen (secondary N) is 1. The lowest BCUT2D eigenvalue weighted by Gasteiger charge is -2.38. The maximum atomic E-state index is 13.5. The van der Waals surface area contributed by atoms with Crippen LogP contribution in [0.25, 0.3) is 0 Å². The van der Waals surface area contributed by atoms with Gasteiger partial charge in [0.05, 0.1) is 15.5 Å². The van der Waals surface area contributed by atoms with Crippen LogP contribution in [0.15, 0.2) is 99.8 Å². The van der Waals surface area contributed by atoms with Crippen LogP contribution < -0.4 is 5.43 Å². The summed E-state index contributed by atoms with van der Waals surface area (Å²) in [7, 11) is -8.05. The highest BCUT2D eigenvalue weighted by Crippen LogP contribution is 2.26. The molecule has 40 heavy (non-hydrogen) atoms. The van der Waals surface area contributed by atoms with Crippen LogP contribution in [-0.4, -0.2) is 62.7 Å². The number of hydrogen-bond donors (Lipinski definition) is 1. The average molecular weight is 583 g/mol. The molecular weight excluding hydrogens is 548 g/mol. The Balaban J connectivity index is 1.62. The van der Waals surface area contributed by atoms with Crippen molar-refractivity contribution in [3.8, 4) is 0 Å². The first-order valence-electron chi connectivity index (χ1n) is 12.9. The quantitative estimate of drug-likeness (QED) is 0.338. The summed E-state index contributed by atoms with van der Waals surface area (Å²) in [4.78, 5) is 13.6. The van der Waals surface area contributed by atoms with E-state index in [1.165, 1.54) is 24.3 Å². The predicted molar refractivity (Wildman–Crippen MR) is 155 cm³/mol. The molecule has 0 aromatic heterocycles. The molecule has 212 valence electrons. The Labute approximate surface area is 236 Å². The lowest BCUT2D eigenvalue weighted by molar-refractivity contribution is -0.125. The van der Waals surface area contributed by atoms with Gasteiger partial charge in [-0.15, -0.1) is 0 Å². The van der Waals surface area contributed by atoms with Gasteiger partial charge >= 0.3 is 0 Å². The highest BCUT2D eigenvalue weighted by Gasteiger charge is 2.43.